The van der Waals surface area contributed by atoms with Gasteiger partial charge in [0.15, 0.2) is 33.3 Å². The molecule has 1 aromatic rings. The van der Waals surface area contributed by atoms with Crippen LogP contribution < -0.4 is 0 Å². The summed E-state index contributed by atoms with van der Waals surface area (Å²) in [6, 6.07) is 10.4. The largest absolute Gasteiger partial charge is 0.414 e. The molecule has 5 nitrogen and oxygen atoms in total. The molecule has 45 heavy (non-hydrogen) atoms. The fourth-order valence-electron chi connectivity index (χ4n) is 3.78. The van der Waals surface area contributed by atoms with Gasteiger partial charge in [0.25, 0.3) is 0 Å². The van der Waals surface area contributed by atoms with Crippen LogP contribution in [0.3, 0.4) is 0 Å². The lowest BCUT2D eigenvalue weighted by Gasteiger charge is -2.49. The minimum absolute atomic E-state index is 0.0134. The van der Waals surface area contributed by atoms with E-state index in [0.717, 1.165) is 5.56 Å². The Morgan fingerprint density at radius 1 is 0.489 bits per heavy atom. The first-order chi connectivity index (χ1) is 19.8. The molecule has 0 amide bonds. The van der Waals surface area contributed by atoms with E-state index in [2.05, 4.69) is 160 Å². The van der Waals surface area contributed by atoms with Crippen LogP contribution in [0.5, 0.6) is 0 Å². The number of hydrogen-bond donors (Lipinski definition) is 0. The van der Waals surface area contributed by atoms with Crippen LogP contribution in [0.4, 0.5) is 0 Å². The third-order valence-corrected chi connectivity index (χ3v) is 29.3. The zero-order chi connectivity index (χ0) is 35.5. The van der Waals surface area contributed by atoms with Gasteiger partial charge in [-0.05, 0) is 78.1 Å². The van der Waals surface area contributed by atoms with E-state index in [1.807, 2.05) is 6.07 Å². The van der Waals surface area contributed by atoms with E-state index in [1.54, 1.807) is 0 Å². The minimum atomic E-state index is -2.28. The van der Waals surface area contributed by atoms with Crippen LogP contribution in [0.25, 0.3) is 0 Å². The van der Waals surface area contributed by atoms with E-state index in [9.17, 15) is 0 Å². The zero-order valence-corrected chi connectivity index (χ0v) is 37.3. The molecule has 0 fully saturated rings. The Hall–Kier alpha value is -0.112. The summed E-state index contributed by atoms with van der Waals surface area (Å²) in [5, 5.41) is 0.155. The summed E-state index contributed by atoms with van der Waals surface area (Å²) in [6.45, 7) is 47.7. The maximum Gasteiger partial charge on any atom is 0.192 e. The second kappa shape index (κ2) is 15.2. The van der Waals surface area contributed by atoms with Crippen LogP contribution >= 0.6 is 0 Å². The monoisotopic (exact) mass is 698 g/mol. The van der Waals surface area contributed by atoms with Gasteiger partial charge in [-0.3, -0.25) is 0 Å². The molecule has 0 N–H and O–H groups in total. The van der Waals surface area contributed by atoms with Gasteiger partial charge in [0.2, 0.25) is 0 Å². The smallest absolute Gasteiger partial charge is 0.192 e. The van der Waals surface area contributed by atoms with E-state index < -0.39 is 33.3 Å². The molecule has 0 heterocycles. The molecule has 0 bridgehead atoms. The summed E-state index contributed by atoms with van der Waals surface area (Å²) in [6.07, 6.45) is -0.930. The van der Waals surface area contributed by atoms with Crippen LogP contribution in [0, 0.1) is 0 Å². The molecule has 9 heteroatoms. The molecule has 0 saturated heterocycles. The highest BCUT2D eigenvalue weighted by molar-refractivity contribution is 6.75. The van der Waals surface area contributed by atoms with Gasteiger partial charge in [0, 0.05) is 0 Å². The summed E-state index contributed by atoms with van der Waals surface area (Å²) in [4.78, 5) is 0. The summed E-state index contributed by atoms with van der Waals surface area (Å²) in [5.41, 5.74) is 1.15. The predicted molar refractivity (Wildman–Crippen MR) is 205 cm³/mol. The molecule has 3 atom stereocenters. The van der Waals surface area contributed by atoms with Crippen LogP contribution in [0.15, 0.2) is 30.3 Å². The highest BCUT2D eigenvalue weighted by Gasteiger charge is 2.50. The van der Waals surface area contributed by atoms with Crippen LogP contribution in [0.1, 0.15) is 88.6 Å². The van der Waals surface area contributed by atoms with Crippen LogP contribution in [-0.4, -0.2) is 64.8 Å². The van der Waals surface area contributed by atoms with Gasteiger partial charge in [-0.1, -0.05) is 113 Å². The molecule has 0 aliphatic rings. The average Bonchev–Trinajstić information content (AvgIpc) is 2.82. The first-order valence-electron chi connectivity index (χ1n) is 17.1. The van der Waals surface area contributed by atoms with Crippen molar-refractivity contribution in [1.82, 2.24) is 0 Å². The Balaban J connectivity index is 3.84. The fourth-order valence-corrected chi connectivity index (χ4v) is 8.76. The van der Waals surface area contributed by atoms with Crippen LogP contribution in [-0.2, 0) is 29.0 Å². The van der Waals surface area contributed by atoms with Gasteiger partial charge in [0.1, 0.15) is 0 Å². The van der Waals surface area contributed by atoms with Crippen molar-refractivity contribution in [2.75, 3.05) is 13.2 Å². The van der Waals surface area contributed by atoms with Gasteiger partial charge < -0.3 is 22.4 Å². The number of hydrogen-bond acceptors (Lipinski definition) is 5. The van der Waals surface area contributed by atoms with E-state index in [4.69, 9.17) is 22.4 Å². The average molecular weight is 699 g/mol. The zero-order valence-electron chi connectivity index (χ0n) is 33.3. The van der Waals surface area contributed by atoms with Crippen molar-refractivity contribution in [3.63, 3.8) is 0 Å². The number of ether oxygens (including phenoxy) is 1. The molecule has 264 valence electrons. The maximum absolute atomic E-state index is 7.49. The SMILES string of the molecule is CC(C)(C)[Si](C)(C)OC[C@H](O[Si](C)(C)C(C)(C)C)[C@@H](O[Si](C)(C)C(C)(C)C)[C@@H](COCc1ccccc1)O[Si](C)(C)C(C)(C)C. The fraction of sp³-hybridized carbons (Fsp3) is 0.833. The molecule has 0 spiro atoms. The number of rotatable bonds is 15. The molecule has 0 aromatic heterocycles. The Kier molecular flexibility index (Phi) is 14.5. The lowest BCUT2D eigenvalue weighted by atomic mass is 10.1. The predicted octanol–water partition coefficient (Wildman–Crippen LogP) is 11.4. The second-order valence-corrected chi connectivity index (χ2v) is 38.3. The Morgan fingerprint density at radius 2 is 0.844 bits per heavy atom. The van der Waals surface area contributed by atoms with E-state index in [1.165, 1.54) is 0 Å². The Labute approximate surface area is 284 Å². The number of benzene rings is 1. The summed E-state index contributed by atoms with van der Waals surface area (Å²) >= 11 is 0. The van der Waals surface area contributed by atoms with E-state index in [-0.39, 0.29) is 38.5 Å². The minimum Gasteiger partial charge on any atom is -0.414 e. The second-order valence-electron chi connectivity index (χ2n) is 19.2. The summed E-state index contributed by atoms with van der Waals surface area (Å²) in [7, 11) is -8.83. The van der Waals surface area contributed by atoms with Crippen molar-refractivity contribution >= 4 is 33.3 Å². The molecular weight excluding hydrogens is 625 g/mol. The lowest BCUT2D eigenvalue weighted by molar-refractivity contribution is -0.0840. The maximum atomic E-state index is 7.49. The Morgan fingerprint density at radius 3 is 1.22 bits per heavy atom. The first kappa shape index (κ1) is 42.9. The highest BCUT2D eigenvalue weighted by atomic mass is 28.4. The van der Waals surface area contributed by atoms with E-state index >= 15 is 0 Å². The van der Waals surface area contributed by atoms with E-state index in [0.29, 0.717) is 19.8 Å². The molecule has 1 aromatic carbocycles. The Bertz CT molecular complexity index is 1030. The third-order valence-electron chi connectivity index (χ3n) is 11.3. The highest BCUT2D eigenvalue weighted by Crippen LogP contribution is 2.44. The van der Waals surface area contributed by atoms with Crippen molar-refractivity contribution < 1.29 is 22.4 Å². The molecule has 0 unspecified atom stereocenters. The van der Waals surface area contributed by atoms with Crippen molar-refractivity contribution in [1.29, 1.82) is 0 Å². The normalized spacial score (nSPS) is 16.9. The van der Waals surface area contributed by atoms with Gasteiger partial charge in [0.05, 0.1) is 38.1 Å². The molecule has 0 aliphatic carbocycles. The van der Waals surface area contributed by atoms with Crippen molar-refractivity contribution in [3.05, 3.63) is 35.9 Å². The first-order valence-corrected chi connectivity index (χ1v) is 28.8. The van der Waals surface area contributed by atoms with Gasteiger partial charge in [-0.25, -0.2) is 0 Å². The topological polar surface area (TPSA) is 46.2 Å². The van der Waals surface area contributed by atoms with Gasteiger partial charge in [-0.2, -0.15) is 0 Å². The third kappa shape index (κ3) is 12.4. The van der Waals surface area contributed by atoms with Crippen molar-refractivity contribution in [2.45, 2.75) is 181 Å². The van der Waals surface area contributed by atoms with Crippen molar-refractivity contribution in [3.8, 4) is 0 Å². The van der Waals surface area contributed by atoms with Gasteiger partial charge >= 0.3 is 0 Å². The van der Waals surface area contributed by atoms with Crippen LogP contribution in [0.2, 0.25) is 72.5 Å². The van der Waals surface area contributed by atoms with Gasteiger partial charge in [-0.15, -0.1) is 0 Å². The molecule has 0 saturated carbocycles. The molecule has 1 rings (SSSR count). The summed E-state index contributed by atoms with van der Waals surface area (Å²) < 4.78 is 35.7. The quantitative estimate of drug-likeness (QED) is 0.171. The van der Waals surface area contributed by atoms with Crippen molar-refractivity contribution in [2.24, 2.45) is 0 Å². The molecule has 0 radical (unpaired) electrons. The molecular formula is C36H74O5Si4. The standard InChI is InChI=1S/C36H74O5Si4/c1-33(2,3)42(13,14)38-28-31(40-44(17,18)35(7,8)9)32(41-45(19,20)36(10,11)12)30(39-43(15,16)34(4,5)6)27-37-26-29-24-22-21-23-25-29/h21-25,30-32H,26-28H2,1-20H3/t30-,31+,32+/m1/s1. The molecule has 0 aliphatic heterocycles. The summed E-state index contributed by atoms with van der Waals surface area (Å²) in [5.74, 6) is 0. The lowest BCUT2D eigenvalue weighted by Crippen LogP contribution is -2.60.